The molecule has 92 valence electrons. The maximum absolute atomic E-state index is 11.2. The molecule has 17 heavy (non-hydrogen) atoms. The Morgan fingerprint density at radius 2 is 2.18 bits per heavy atom. The minimum Gasteiger partial charge on any atom is -0.490 e. The molecule has 3 N–H and O–H groups in total. The fourth-order valence-electron chi connectivity index (χ4n) is 2.06. The van der Waals surface area contributed by atoms with Crippen LogP contribution in [0.4, 0.5) is 5.69 Å². The molecule has 0 aromatic heterocycles. The van der Waals surface area contributed by atoms with Gasteiger partial charge < -0.3 is 15.8 Å². The van der Waals surface area contributed by atoms with Gasteiger partial charge in [-0.05, 0) is 37.8 Å². The van der Waals surface area contributed by atoms with E-state index in [4.69, 9.17) is 10.5 Å². The van der Waals surface area contributed by atoms with Crippen molar-refractivity contribution in [1.29, 1.82) is 0 Å². The van der Waals surface area contributed by atoms with Gasteiger partial charge in [0.25, 0.3) is 0 Å². The Labute approximate surface area is 101 Å². The lowest BCUT2D eigenvalue weighted by atomic mass is 10.2. The molecule has 1 aromatic rings. The van der Waals surface area contributed by atoms with Gasteiger partial charge in [-0.25, -0.2) is 0 Å². The smallest absolute Gasteiger partial charge is 0.238 e. The van der Waals surface area contributed by atoms with E-state index in [1.54, 1.807) is 0 Å². The van der Waals surface area contributed by atoms with Gasteiger partial charge in [0.1, 0.15) is 5.75 Å². The highest BCUT2D eigenvalue weighted by Gasteiger charge is 2.16. The first kappa shape index (κ1) is 11.9. The highest BCUT2D eigenvalue weighted by Crippen LogP contribution is 2.25. The van der Waals surface area contributed by atoms with Crippen LogP contribution in [-0.2, 0) is 4.79 Å². The zero-order chi connectivity index (χ0) is 12.1. The van der Waals surface area contributed by atoms with Crippen LogP contribution in [0.25, 0.3) is 0 Å². The number of benzene rings is 1. The second kappa shape index (κ2) is 5.68. The Hall–Kier alpha value is -1.55. The van der Waals surface area contributed by atoms with E-state index in [2.05, 4.69) is 5.32 Å². The van der Waals surface area contributed by atoms with Crippen LogP contribution in [0.2, 0.25) is 0 Å². The van der Waals surface area contributed by atoms with Gasteiger partial charge in [-0.2, -0.15) is 0 Å². The Morgan fingerprint density at radius 3 is 2.88 bits per heavy atom. The normalized spacial score (nSPS) is 15.8. The third kappa shape index (κ3) is 3.46. The van der Waals surface area contributed by atoms with Crippen LogP contribution in [0.1, 0.15) is 25.7 Å². The number of carbonyl (C=O) groups excluding carboxylic acids is 1. The number of nitrogens with one attached hydrogen (secondary N) is 1. The summed E-state index contributed by atoms with van der Waals surface area (Å²) in [6.07, 6.45) is 5.07. The topological polar surface area (TPSA) is 64.4 Å². The molecule has 1 aromatic carbocycles. The summed E-state index contributed by atoms with van der Waals surface area (Å²) in [4.78, 5) is 11.2. The lowest BCUT2D eigenvalue weighted by molar-refractivity contribution is -0.114. The van der Waals surface area contributed by atoms with E-state index < -0.39 is 0 Å². The van der Waals surface area contributed by atoms with Gasteiger partial charge in [-0.15, -0.1) is 0 Å². The largest absolute Gasteiger partial charge is 0.490 e. The molecule has 0 aliphatic heterocycles. The van der Waals surface area contributed by atoms with Crippen molar-refractivity contribution in [2.75, 3.05) is 11.9 Å². The third-order valence-corrected chi connectivity index (χ3v) is 2.91. The van der Waals surface area contributed by atoms with E-state index >= 15 is 0 Å². The van der Waals surface area contributed by atoms with E-state index in [0.29, 0.717) is 6.10 Å². The van der Waals surface area contributed by atoms with Crippen molar-refractivity contribution in [3.63, 3.8) is 0 Å². The highest BCUT2D eigenvalue weighted by atomic mass is 16.5. The Morgan fingerprint density at radius 1 is 1.41 bits per heavy atom. The van der Waals surface area contributed by atoms with Gasteiger partial charge in [-0.1, -0.05) is 6.07 Å². The van der Waals surface area contributed by atoms with Crippen LogP contribution >= 0.6 is 0 Å². The Balaban J connectivity index is 1.97. The van der Waals surface area contributed by atoms with Gasteiger partial charge in [0.15, 0.2) is 0 Å². The number of hydrogen-bond acceptors (Lipinski definition) is 3. The predicted molar refractivity (Wildman–Crippen MR) is 67.0 cm³/mol. The van der Waals surface area contributed by atoms with E-state index in [9.17, 15) is 4.79 Å². The first-order chi connectivity index (χ1) is 8.28. The molecule has 0 spiro atoms. The van der Waals surface area contributed by atoms with Gasteiger partial charge >= 0.3 is 0 Å². The zero-order valence-corrected chi connectivity index (χ0v) is 9.82. The minimum atomic E-state index is -0.192. The summed E-state index contributed by atoms with van der Waals surface area (Å²) in [5.74, 6) is 0.620. The van der Waals surface area contributed by atoms with Crippen molar-refractivity contribution >= 4 is 11.6 Å². The van der Waals surface area contributed by atoms with Gasteiger partial charge in [0.2, 0.25) is 5.91 Å². The molecule has 0 heterocycles. The number of rotatable bonds is 4. The first-order valence-corrected chi connectivity index (χ1v) is 6.04. The van der Waals surface area contributed by atoms with Crippen molar-refractivity contribution in [3.05, 3.63) is 24.3 Å². The molecule has 4 heteroatoms. The zero-order valence-electron chi connectivity index (χ0n) is 9.82. The summed E-state index contributed by atoms with van der Waals surface area (Å²) >= 11 is 0. The Bertz CT molecular complexity index is 387. The molecule has 0 bridgehead atoms. The van der Waals surface area contributed by atoms with Crippen molar-refractivity contribution in [1.82, 2.24) is 0 Å². The summed E-state index contributed by atoms with van der Waals surface area (Å²) < 4.78 is 5.85. The van der Waals surface area contributed by atoms with E-state index in [1.165, 1.54) is 12.8 Å². The lowest BCUT2D eigenvalue weighted by Crippen LogP contribution is -2.21. The first-order valence-electron chi connectivity index (χ1n) is 6.04. The Kier molecular flexibility index (Phi) is 3.98. The predicted octanol–water partition coefficient (Wildman–Crippen LogP) is 1.91. The SMILES string of the molecule is NCC(=O)Nc1cccc(OC2CCCC2)c1. The monoisotopic (exact) mass is 234 g/mol. The molecule has 4 nitrogen and oxygen atoms in total. The standard InChI is InChI=1S/C13H18N2O2/c14-9-13(16)15-10-4-3-7-12(8-10)17-11-5-1-2-6-11/h3-4,7-8,11H,1-2,5-6,9,14H2,(H,15,16). The van der Waals surface area contributed by atoms with Gasteiger partial charge in [-0.3, -0.25) is 4.79 Å². The van der Waals surface area contributed by atoms with Gasteiger partial charge in [0, 0.05) is 11.8 Å². The summed E-state index contributed by atoms with van der Waals surface area (Å²) in [5.41, 5.74) is 5.98. The summed E-state index contributed by atoms with van der Waals surface area (Å²) in [6.45, 7) is -0.00624. The molecule has 1 fully saturated rings. The fourth-order valence-corrected chi connectivity index (χ4v) is 2.06. The molecule has 1 aliphatic rings. The van der Waals surface area contributed by atoms with Crippen molar-refractivity contribution in [2.45, 2.75) is 31.8 Å². The molecule has 1 saturated carbocycles. The number of anilines is 1. The molecule has 0 radical (unpaired) electrons. The van der Waals surface area contributed by atoms with Gasteiger partial charge in [0.05, 0.1) is 12.6 Å². The number of hydrogen-bond donors (Lipinski definition) is 2. The van der Waals surface area contributed by atoms with Crippen molar-refractivity contribution in [2.24, 2.45) is 5.73 Å². The van der Waals surface area contributed by atoms with Crippen molar-refractivity contribution in [3.8, 4) is 5.75 Å². The molecule has 2 rings (SSSR count). The molecule has 0 unspecified atom stereocenters. The van der Waals surface area contributed by atoms with Crippen LogP contribution in [-0.4, -0.2) is 18.6 Å². The van der Waals surface area contributed by atoms with Crippen molar-refractivity contribution < 1.29 is 9.53 Å². The average molecular weight is 234 g/mol. The lowest BCUT2D eigenvalue weighted by Gasteiger charge is -2.14. The summed E-state index contributed by atoms with van der Waals surface area (Å²) in [7, 11) is 0. The second-order valence-corrected chi connectivity index (χ2v) is 4.30. The highest BCUT2D eigenvalue weighted by molar-refractivity contribution is 5.92. The maximum atomic E-state index is 11.2. The number of ether oxygens (including phenoxy) is 1. The van der Waals surface area contributed by atoms with Crippen LogP contribution < -0.4 is 15.8 Å². The third-order valence-electron chi connectivity index (χ3n) is 2.91. The second-order valence-electron chi connectivity index (χ2n) is 4.30. The minimum absolute atomic E-state index is 0.00624. The van der Waals surface area contributed by atoms with Crippen LogP contribution in [0, 0.1) is 0 Å². The number of nitrogens with two attached hydrogens (primary N) is 1. The summed E-state index contributed by atoms with van der Waals surface area (Å²) in [6, 6.07) is 7.45. The average Bonchev–Trinajstić information content (AvgIpc) is 2.82. The van der Waals surface area contributed by atoms with Crippen LogP contribution in [0.3, 0.4) is 0 Å². The molecular formula is C13H18N2O2. The number of amides is 1. The molecule has 0 atom stereocenters. The van der Waals surface area contributed by atoms with Crippen LogP contribution in [0.15, 0.2) is 24.3 Å². The quantitative estimate of drug-likeness (QED) is 0.836. The van der Waals surface area contributed by atoms with E-state index in [1.807, 2.05) is 24.3 Å². The van der Waals surface area contributed by atoms with E-state index in [0.717, 1.165) is 24.3 Å². The molecule has 0 saturated heterocycles. The molecule has 1 aliphatic carbocycles. The molecular weight excluding hydrogens is 216 g/mol. The van der Waals surface area contributed by atoms with Crippen LogP contribution in [0.5, 0.6) is 5.75 Å². The van der Waals surface area contributed by atoms with E-state index in [-0.39, 0.29) is 12.5 Å². The fraction of sp³-hybridized carbons (Fsp3) is 0.462. The summed E-state index contributed by atoms with van der Waals surface area (Å²) in [5, 5.41) is 2.71. The number of carbonyl (C=O) groups is 1. The maximum Gasteiger partial charge on any atom is 0.238 e. The molecule has 1 amide bonds.